The molecule has 1 unspecified atom stereocenters. The molecule has 1 saturated heterocycles. The van der Waals surface area contributed by atoms with E-state index in [9.17, 15) is 18.9 Å². The van der Waals surface area contributed by atoms with E-state index >= 15 is 0 Å². The van der Waals surface area contributed by atoms with E-state index in [0.29, 0.717) is 18.1 Å². The lowest BCUT2D eigenvalue weighted by atomic mass is 10.1. The number of ether oxygens (including phenoxy) is 1. The van der Waals surface area contributed by atoms with Crippen LogP contribution in [-0.2, 0) is 16.2 Å². The summed E-state index contributed by atoms with van der Waals surface area (Å²) in [5.41, 5.74) is 3.24. The van der Waals surface area contributed by atoms with Crippen LogP contribution in [0.2, 0.25) is 0 Å². The number of nitrogens with one attached hydrogen (secondary N) is 2. The molecule has 1 aliphatic rings. The highest BCUT2D eigenvalue weighted by Gasteiger charge is 2.36. The summed E-state index contributed by atoms with van der Waals surface area (Å²) >= 11 is 0. The maximum atomic E-state index is 13.0. The molecule has 166 valence electrons. The zero-order chi connectivity index (χ0) is 22.7. The number of halogens is 1. The van der Waals surface area contributed by atoms with Crippen LogP contribution < -0.4 is 10.3 Å². The molecule has 1 aliphatic heterocycles. The number of nitrogens with zero attached hydrogens (tertiary/aromatic N) is 2. The van der Waals surface area contributed by atoms with Crippen LogP contribution in [0.15, 0.2) is 54.6 Å². The standard InChI is InChI=1S/C23H23FN4O4/c1-15(29)28-10-9-27(13-21(28)22(30)26-24)23(31)20-12-17-11-18(7-8-19(17)25-20)32-14-16-5-3-2-4-6-16/h2-8,11-12,21,25H,9-10,13-14H2,1H3,(H,26,30). The van der Waals surface area contributed by atoms with E-state index in [1.165, 1.54) is 16.7 Å². The van der Waals surface area contributed by atoms with Crippen molar-refractivity contribution in [2.45, 2.75) is 19.6 Å². The van der Waals surface area contributed by atoms with Crippen LogP contribution in [0.25, 0.3) is 10.9 Å². The molecular weight excluding hydrogens is 415 g/mol. The summed E-state index contributed by atoms with van der Waals surface area (Å²) in [5, 5.41) is 0.805. The van der Waals surface area contributed by atoms with Gasteiger partial charge in [0.05, 0.1) is 6.54 Å². The fourth-order valence-electron chi connectivity index (χ4n) is 3.86. The van der Waals surface area contributed by atoms with Gasteiger partial charge in [0.15, 0.2) is 0 Å². The minimum absolute atomic E-state index is 0.0883. The molecule has 2 N–H and O–H groups in total. The molecule has 2 heterocycles. The van der Waals surface area contributed by atoms with Gasteiger partial charge in [-0.3, -0.25) is 14.4 Å². The normalized spacial score (nSPS) is 16.1. The van der Waals surface area contributed by atoms with E-state index in [-0.39, 0.29) is 31.4 Å². The Kier molecular flexibility index (Phi) is 6.07. The first-order valence-electron chi connectivity index (χ1n) is 10.2. The monoisotopic (exact) mass is 438 g/mol. The van der Waals surface area contributed by atoms with Gasteiger partial charge in [-0.25, -0.2) is 0 Å². The van der Waals surface area contributed by atoms with Gasteiger partial charge in [0.1, 0.15) is 24.1 Å². The smallest absolute Gasteiger partial charge is 0.272 e. The average Bonchev–Trinajstić information content (AvgIpc) is 3.25. The first-order valence-corrected chi connectivity index (χ1v) is 10.2. The number of rotatable bonds is 5. The molecule has 1 atom stereocenters. The van der Waals surface area contributed by atoms with Crippen LogP contribution in [0, 0.1) is 0 Å². The van der Waals surface area contributed by atoms with E-state index < -0.39 is 11.9 Å². The van der Waals surface area contributed by atoms with Crippen molar-refractivity contribution in [1.29, 1.82) is 0 Å². The third-order valence-electron chi connectivity index (χ3n) is 5.54. The van der Waals surface area contributed by atoms with Gasteiger partial charge in [0.2, 0.25) is 5.91 Å². The van der Waals surface area contributed by atoms with E-state index in [0.717, 1.165) is 22.0 Å². The molecule has 0 radical (unpaired) electrons. The summed E-state index contributed by atoms with van der Waals surface area (Å²) in [5.74, 6) is -0.948. The minimum Gasteiger partial charge on any atom is -0.489 e. The van der Waals surface area contributed by atoms with E-state index in [4.69, 9.17) is 4.74 Å². The fourth-order valence-corrected chi connectivity index (χ4v) is 3.86. The number of carbonyl (C=O) groups excluding carboxylic acids is 3. The molecule has 2 aromatic carbocycles. The largest absolute Gasteiger partial charge is 0.489 e. The molecule has 0 spiro atoms. The number of aromatic amines is 1. The van der Waals surface area contributed by atoms with Crippen LogP contribution >= 0.6 is 0 Å². The highest BCUT2D eigenvalue weighted by molar-refractivity contribution is 5.99. The van der Waals surface area contributed by atoms with Gasteiger partial charge in [-0.15, -0.1) is 4.48 Å². The minimum atomic E-state index is -1.07. The Balaban J connectivity index is 1.48. The summed E-state index contributed by atoms with van der Waals surface area (Å²) in [7, 11) is 0. The molecule has 1 aromatic heterocycles. The Morgan fingerprint density at radius 2 is 1.91 bits per heavy atom. The zero-order valence-corrected chi connectivity index (χ0v) is 17.5. The topological polar surface area (TPSA) is 94.7 Å². The number of hydrogen-bond acceptors (Lipinski definition) is 4. The Hall–Kier alpha value is -3.88. The molecule has 8 nitrogen and oxygen atoms in total. The van der Waals surface area contributed by atoms with Crippen molar-refractivity contribution >= 4 is 28.6 Å². The first kappa shape index (κ1) is 21.4. The second-order valence-corrected chi connectivity index (χ2v) is 7.64. The Morgan fingerprint density at radius 3 is 2.62 bits per heavy atom. The molecule has 1 fully saturated rings. The van der Waals surface area contributed by atoms with Crippen molar-refractivity contribution in [3.8, 4) is 5.75 Å². The first-order chi connectivity index (χ1) is 15.5. The van der Waals surface area contributed by atoms with Gasteiger partial charge in [-0.05, 0) is 29.8 Å². The lowest BCUT2D eigenvalue weighted by molar-refractivity contribution is -0.143. The SMILES string of the molecule is CC(=O)N1CCN(C(=O)c2cc3cc(OCc4ccccc4)ccc3[nH]2)CC1C(=O)NF. The van der Waals surface area contributed by atoms with Gasteiger partial charge in [0, 0.05) is 30.9 Å². The van der Waals surface area contributed by atoms with Gasteiger partial charge >= 0.3 is 0 Å². The van der Waals surface area contributed by atoms with Crippen molar-refractivity contribution < 1.29 is 23.6 Å². The maximum absolute atomic E-state index is 13.0. The van der Waals surface area contributed by atoms with Gasteiger partial charge in [0.25, 0.3) is 11.8 Å². The molecule has 9 heteroatoms. The molecule has 4 rings (SSSR count). The molecule has 0 saturated carbocycles. The number of aromatic nitrogens is 1. The summed E-state index contributed by atoms with van der Waals surface area (Å²) < 4.78 is 18.6. The maximum Gasteiger partial charge on any atom is 0.272 e. The van der Waals surface area contributed by atoms with Gasteiger partial charge in [-0.2, -0.15) is 5.54 Å². The van der Waals surface area contributed by atoms with Gasteiger partial charge in [-0.1, -0.05) is 30.3 Å². The number of benzene rings is 2. The van der Waals surface area contributed by atoms with E-state index in [2.05, 4.69) is 4.98 Å². The summed E-state index contributed by atoms with van der Waals surface area (Å²) in [6, 6.07) is 15.9. The number of fused-ring (bicyclic) bond motifs is 1. The second kappa shape index (κ2) is 9.09. The quantitative estimate of drug-likeness (QED) is 0.598. The third-order valence-corrected chi connectivity index (χ3v) is 5.54. The van der Waals surface area contributed by atoms with Gasteiger partial charge < -0.3 is 19.5 Å². The third kappa shape index (κ3) is 4.41. The zero-order valence-electron chi connectivity index (χ0n) is 17.5. The molecule has 32 heavy (non-hydrogen) atoms. The number of H-pyrrole nitrogens is 1. The van der Waals surface area contributed by atoms with Crippen molar-refractivity contribution in [2.24, 2.45) is 0 Å². The van der Waals surface area contributed by atoms with E-state index in [1.807, 2.05) is 48.5 Å². The van der Waals surface area contributed by atoms with E-state index in [1.54, 1.807) is 6.07 Å². The van der Waals surface area contributed by atoms with Crippen LogP contribution in [-0.4, -0.2) is 58.2 Å². The van der Waals surface area contributed by atoms with Crippen molar-refractivity contribution in [3.63, 3.8) is 0 Å². The lowest BCUT2D eigenvalue weighted by Gasteiger charge is -2.39. The molecule has 0 bridgehead atoms. The predicted octanol–water partition coefficient (Wildman–Crippen LogP) is 2.42. The molecule has 3 aromatic rings. The molecular formula is C23H23FN4O4. The predicted molar refractivity (Wildman–Crippen MR) is 115 cm³/mol. The van der Waals surface area contributed by atoms with Crippen LogP contribution in [0.1, 0.15) is 23.0 Å². The lowest BCUT2D eigenvalue weighted by Crippen LogP contribution is -2.60. The van der Waals surface area contributed by atoms with Crippen LogP contribution in [0.5, 0.6) is 5.75 Å². The summed E-state index contributed by atoms with van der Waals surface area (Å²) in [4.78, 5) is 42.5. The Morgan fingerprint density at radius 1 is 1.12 bits per heavy atom. The molecule has 0 aliphatic carbocycles. The number of hydrogen-bond donors (Lipinski definition) is 2. The summed E-state index contributed by atoms with van der Waals surface area (Å²) in [6.45, 7) is 2.05. The number of carbonyl (C=O) groups is 3. The Labute approximate surface area is 183 Å². The highest BCUT2D eigenvalue weighted by atomic mass is 19.2. The number of piperazine rings is 1. The van der Waals surface area contributed by atoms with Crippen LogP contribution in [0.3, 0.4) is 0 Å². The molecule has 3 amide bonds. The second-order valence-electron chi connectivity index (χ2n) is 7.64. The number of amides is 3. The average molecular weight is 438 g/mol. The van der Waals surface area contributed by atoms with Crippen LogP contribution in [0.4, 0.5) is 4.48 Å². The van der Waals surface area contributed by atoms with Crippen molar-refractivity contribution in [2.75, 3.05) is 19.6 Å². The highest BCUT2D eigenvalue weighted by Crippen LogP contribution is 2.24. The Bertz CT molecular complexity index is 1150. The van der Waals surface area contributed by atoms with Crippen molar-refractivity contribution in [1.82, 2.24) is 20.3 Å². The summed E-state index contributed by atoms with van der Waals surface area (Å²) in [6.07, 6.45) is 0. The fraction of sp³-hybridized carbons (Fsp3) is 0.261. The van der Waals surface area contributed by atoms with Crippen molar-refractivity contribution in [3.05, 3.63) is 65.9 Å².